The third-order valence-corrected chi connectivity index (χ3v) is 6.06. The predicted octanol–water partition coefficient (Wildman–Crippen LogP) is 1.44. The van der Waals surface area contributed by atoms with Crippen LogP contribution in [-0.4, -0.2) is 53.8 Å². The van der Waals surface area contributed by atoms with Gasteiger partial charge < -0.3 is 9.88 Å². The van der Waals surface area contributed by atoms with Gasteiger partial charge in [-0.2, -0.15) is 0 Å². The first kappa shape index (κ1) is 17.6. The van der Waals surface area contributed by atoms with Gasteiger partial charge in [0, 0.05) is 31.5 Å². The van der Waals surface area contributed by atoms with Crippen LogP contribution in [0.4, 0.5) is 0 Å². The lowest BCUT2D eigenvalue weighted by Gasteiger charge is -2.29. The van der Waals surface area contributed by atoms with Crippen LogP contribution < -0.4 is 5.32 Å². The molecule has 1 N–H and O–H groups in total. The van der Waals surface area contributed by atoms with E-state index in [1.54, 1.807) is 0 Å². The van der Waals surface area contributed by atoms with E-state index in [0.29, 0.717) is 11.5 Å². The molecule has 142 valence electrons. The molecule has 0 unspecified atom stereocenters. The SMILES string of the molecule is CCCn1nnnc1CN(Cc1nccn1CC)[C@H]1CC12CCNCC2. The summed E-state index contributed by atoms with van der Waals surface area (Å²) in [6.45, 7) is 10.1. The fraction of sp³-hybridized carbons (Fsp3) is 0.778. The molecule has 0 bridgehead atoms. The van der Waals surface area contributed by atoms with E-state index in [2.05, 4.69) is 55.3 Å². The van der Waals surface area contributed by atoms with Crippen molar-refractivity contribution in [3.63, 3.8) is 0 Å². The second-order valence-electron chi connectivity index (χ2n) is 7.69. The summed E-state index contributed by atoms with van der Waals surface area (Å²) in [5, 5.41) is 15.9. The molecule has 26 heavy (non-hydrogen) atoms. The van der Waals surface area contributed by atoms with Crippen LogP contribution in [-0.2, 0) is 26.2 Å². The number of aryl methyl sites for hydroxylation is 2. The number of nitrogens with zero attached hydrogens (tertiary/aromatic N) is 7. The number of hydrogen-bond donors (Lipinski definition) is 1. The van der Waals surface area contributed by atoms with Gasteiger partial charge in [-0.15, -0.1) is 5.10 Å². The monoisotopic (exact) mass is 358 g/mol. The van der Waals surface area contributed by atoms with Crippen molar-refractivity contribution in [1.29, 1.82) is 0 Å². The zero-order valence-electron chi connectivity index (χ0n) is 15.9. The highest BCUT2D eigenvalue weighted by Gasteiger charge is 2.56. The number of piperidine rings is 1. The van der Waals surface area contributed by atoms with Crippen molar-refractivity contribution < 1.29 is 0 Å². The maximum atomic E-state index is 4.61. The number of tetrazole rings is 1. The van der Waals surface area contributed by atoms with Crippen molar-refractivity contribution in [2.75, 3.05) is 13.1 Å². The molecule has 1 spiro atoms. The Kier molecular flexibility index (Phi) is 5.04. The quantitative estimate of drug-likeness (QED) is 0.770. The third kappa shape index (κ3) is 3.40. The van der Waals surface area contributed by atoms with Crippen LogP contribution in [0, 0.1) is 5.41 Å². The molecule has 8 heteroatoms. The smallest absolute Gasteiger partial charge is 0.165 e. The molecule has 3 heterocycles. The number of nitrogens with one attached hydrogen (secondary N) is 1. The lowest BCUT2D eigenvalue weighted by molar-refractivity contribution is 0.175. The van der Waals surface area contributed by atoms with Crippen molar-refractivity contribution >= 4 is 0 Å². The molecular weight excluding hydrogens is 328 g/mol. The standard InChI is InChI=1S/C18H30N8/c1-3-10-26-17(21-22-23-26)14-25(13-16-20-9-11-24(16)4-2)15-12-18(15)5-7-19-8-6-18/h9,11,15,19H,3-8,10,12-14H2,1-2H3/t15-/m0/s1. The van der Waals surface area contributed by atoms with Crippen LogP contribution >= 0.6 is 0 Å². The normalized spacial score (nSPS) is 21.6. The minimum absolute atomic E-state index is 0.484. The molecule has 2 aromatic heterocycles. The summed E-state index contributed by atoms with van der Waals surface area (Å²) in [5.74, 6) is 2.11. The van der Waals surface area contributed by atoms with E-state index >= 15 is 0 Å². The Labute approximate surface area is 155 Å². The van der Waals surface area contributed by atoms with E-state index < -0.39 is 0 Å². The lowest BCUT2D eigenvalue weighted by Crippen LogP contribution is -2.36. The van der Waals surface area contributed by atoms with E-state index in [-0.39, 0.29) is 0 Å². The van der Waals surface area contributed by atoms with Gasteiger partial charge in [0.1, 0.15) is 5.82 Å². The largest absolute Gasteiger partial charge is 0.334 e. The first-order chi connectivity index (χ1) is 12.8. The summed E-state index contributed by atoms with van der Waals surface area (Å²) in [4.78, 5) is 7.18. The van der Waals surface area contributed by atoms with Gasteiger partial charge in [-0.1, -0.05) is 6.92 Å². The molecule has 1 saturated carbocycles. The Balaban J connectivity index is 1.54. The average molecular weight is 358 g/mol. The van der Waals surface area contributed by atoms with Crippen LogP contribution in [0.5, 0.6) is 0 Å². The zero-order valence-corrected chi connectivity index (χ0v) is 15.9. The van der Waals surface area contributed by atoms with Crippen LogP contribution in [0.15, 0.2) is 12.4 Å². The number of rotatable bonds is 8. The van der Waals surface area contributed by atoms with Crippen molar-refractivity contribution in [3.05, 3.63) is 24.0 Å². The van der Waals surface area contributed by atoms with Crippen molar-refractivity contribution in [3.8, 4) is 0 Å². The fourth-order valence-electron chi connectivity index (χ4n) is 4.45. The molecule has 4 rings (SSSR count). The fourth-order valence-corrected chi connectivity index (χ4v) is 4.45. The molecule has 2 aromatic rings. The number of imidazole rings is 1. The summed E-state index contributed by atoms with van der Waals surface area (Å²) in [6, 6.07) is 0.610. The molecule has 0 aromatic carbocycles. The van der Waals surface area contributed by atoms with Crippen LogP contribution in [0.2, 0.25) is 0 Å². The maximum absolute atomic E-state index is 4.61. The Morgan fingerprint density at radius 1 is 1.23 bits per heavy atom. The molecule has 0 radical (unpaired) electrons. The highest BCUT2D eigenvalue weighted by atomic mass is 15.5. The van der Waals surface area contributed by atoms with Crippen LogP contribution in [0.1, 0.15) is 51.2 Å². The van der Waals surface area contributed by atoms with Gasteiger partial charge in [0.05, 0.1) is 13.1 Å². The van der Waals surface area contributed by atoms with Gasteiger partial charge in [0.2, 0.25) is 0 Å². The van der Waals surface area contributed by atoms with Crippen LogP contribution in [0.25, 0.3) is 0 Å². The van der Waals surface area contributed by atoms with E-state index in [1.807, 2.05) is 10.9 Å². The Hall–Kier alpha value is -1.80. The summed E-state index contributed by atoms with van der Waals surface area (Å²) in [6.07, 6.45) is 8.86. The molecule has 8 nitrogen and oxygen atoms in total. The number of aromatic nitrogens is 6. The van der Waals surface area contributed by atoms with Crippen molar-refractivity contribution in [2.24, 2.45) is 5.41 Å². The predicted molar refractivity (Wildman–Crippen MR) is 98.2 cm³/mol. The summed E-state index contributed by atoms with van der Waals surface area (Å²) in [7, 11) is 0. The Morgan fingerprint density at radius 3 is 2.81 bits per heavy atom. The van der Waals surface area contributed by atoms with Gasteiger partial charge in [-0.25, -0.2) is 9.67 Å². The minimum atomic E-state index is 0.484. The van der Waals surface area contributed by atoms with E-state index in [0.717, 1.165) is 57.3 Å². The van der Waals surface area contributed by atoms with E-state index in [4.69, 9.17) is 0 Å². The second kappa shape index (κ2) is 7.44. The molecule has 2 fully saturated rings. The highest BCUT2D eigenvalue weighted by Crippen LogP contribution is 2.56. The molecule has 0 amide bonds. The summed E-state index contributed by atoms with van der Waals surface area (Å²) >= 11 is 0. The molecule has 2 aliphatic rings. The van der Waals surface area contributed by atoms with Gasteiger partial charge >= 0.3 is 0 Å². The Morgan fingerprint density at radius 2 is 2.04 bits per heavy atom. The van der Waals surface area contributed by atoms with E-state index in [9.17, 15) is 0 Å². The summed E-state index contributed by atoms with van der Waals surface area (Å²) < 4.78 is 4.19. The first-order valence-corrected chi connectivity index (χ1v) is 9.95. The van der Waals surface area contributed by atoms with Crippen molar-refractivity contribution in [2.45, 2.75) is 71.8 Å². The van der Waals surface area contributed by atoms with Gasteiger partial charge in [0.15, 0.2) is 5.82 Å². The first-order valence-electron chi connectivity index (χ1n) is 9.95. The Bertz CT molecular complexity index is 714. The van der Waals surface area contributed by atoms with Gasteiger partial charge in [0.25, 0.3) is 0 Å². The molecule has 1 saturated heterocycles. The molecular formula is C18H30N8. The maximum Gasteiger partial charge on any atom is 0.165 e. The van der Waals surface area contributed by atoms with Gasteiger partial charge in [-0.05, 0) is 61.5 Å². The third-order valence-electron chi connectivity index (χ3n) is 6.06. The molecule has 1 aliphatic carbocycles. The topological polar surface area (TPSA) is 76.7 Å². The van der Waals surface area contributed by atoms with E-state index in [1.165, 1.54) is 19.3 Å². The van der Waals surface area contributed by atoms with Crippen molar-refractivity contribution in [1.82, 2.24) is 40.0 Å². The highest BCUT2D eigenvalue weighted by molar-refractivity contribution is 5.11. The van der Waals surface area contributed by atoms with Gasteiger partial charge in [-0.3, -0.25) is 4.90 Å². The minimum Gasteiger partial charge on any atom is -0.334 e. The number of hydrogen-bond acceptors (Lipinski definition) is 6. The molecule has 1 atom stereocenters. The molecule has 1 aliphatic heterocycles. The van der Waals surface area contributed by atoms with Crippen LogP contribution in [0.3, 0.4) is 0 Å². The summed E-state index contributed by atoms with van der Waals surface area (Å²) in [5.41, 5.74) is 0.484. The second-order valence-corrected chi connectivity index (χ2v) is 7.69. The average Bonchev–Trinajstić information content (AvgIpc) is 3.01. The lowest BCUT2D eigenvalue weighted by atomic mass is 9.93. The zero-order chi connectivity index (χ0) is 18.0.